The number of amides is 3. The first-order valence-corrected chi connectivity index (χ1v) is 8.67. The van der Waals surface area contributed by atoms with Crippen LogP contribution in [0.3, 0.4) is 0 Å². The molecular formula is C16H21N3O4S. The van der Waals surface area contributed by atoms with Gasteiger partial charge in [-0.1, -0.05) is 0 Å². The third-order valence-corrected chi connectivity index (χ3v) is 6.04. The number of hydrogen-bond donors (Lipinski definition) is 1. The molecule has 1 N–H and O–H groups in total. The monoisotopic (exact) mass is 351 g/mol. The highest BCUT2D eigenvalue weighted by molar-refractivity contribution is 7.12. The topological polar surface area (TPSA) is 81.2 Å². The number of carbonyl (C=O) groups is 3. The van der Waals surface area contributed by atoms with Crippen molar-refractivity contribution in [3.05, 3.63) is 21.9 Å². The van der Waals surface area contributed by atoms with Crippen molar-refractivity contribution >= 4 is 29.2 Å². The van der Waals surface area contributed by atoms with Gasteiger partial charge in [0.05, 0.1) is 4.88 Å². The summed E-state index contributed by atoms with van der Waals surface area (Å²) in [6.07, 6.45) is 0. The van der Waals surface area contributed by atoms with Crippen LogP contribution in [0.5, 0.6) is 0 Å². The number of carboxylic acid groups (broad SMARTS) is 1. The van der Waals surface area contributed by atoms with E-state index in [1.165, 1.54) is 16.2 Å². The minimum atomic E-state index is -1.06. The van der Waals surface area contributed by atoms with E-state index in [4.69, 9.17) is 0 Å². The third kappa shape index (κ3) is 2.45. The molecular weight excluding hydrogens is 330 g/mol. The van der Waals surface area contributed by atoms with E-state index < -0.39 is 11.4 Å². The Morgan fingerprint density at radius 3 is 2.38 bits per heavy atom. The zero-order valence-electron chi connectivity index (χ0n) is 14.0. The van der Waals surface area contributed by atoms with Gasteiger partial charge in [-0.2, -0.15) is 0 Å². The Hall–Kier alpha value is -2.09. The number of rotatable bonds is 2. The summed E-state index contributed by atoms with van der Waals surface area (Å²) in [5, 5.41) is 11.7. The van der Waals surface area contributed by atoms with Gasteiger partial charge in [-0.15, -0.1) is 11.3 Å². The highest BCUT2D eigenvalue weighted by Gasteiger charge is 2.59. The summed E-state index contributed by atoms with van der Waals surface area (Å²) in [6.45, 7) is 2.93. The summed E-state index contributed by atoms with van der Waals surface area (Å²) in [6, 6.07) is 1.70. The second kappa shape index (κ2) is 5.77. The number of thiophene rings is 1. The van der Waals surface area contributed by atoms with E-state index in [1.807, 2.05) is 18.4 Å². The molecule has 0 radical (unpaired) electrons. The molecule has 7 nitrogen and oxygen atoms in total. The number of carbonyl (C=O) groups excluding carboxylic acids is 2. The van der Waals surface area contributed by atoms with Crippen LogP contribution in [0.15, 0.2) is 11.4 Å². The molecule has 2 aliphatic heterocycles. The highest BCUT2D eigenvalue weighted by Crippen LogP contribution is 2.43. The molecule has 0 spiro atoms. The second-order valence-corrected chi connectivity index (χ2v) is 7.75. The molecule has 0 unspecified atom stereocenters. The van der Waals surface area contributed by atoms with E-state index in [1.54, 1.807) is 23.9 Å². The second-order valence-electron chi connectivity index (χ2n) is 6.83. The lowest BCUT2D eigenvalue weighted by molar-refractivity contribution is -0.148. The van der Waals surface area contributed by atoms with Crippen LogP contribution >= 0.6 is 11.3 Å². The Balaban J connectivity index is 1.82. The quantitative estimate of drug-likeness (QED) is 0.868. The Morgan fingerprint density at radius 1 is 1.25 bits per heavy atom. The van der Waals surface area contributed by atoms with Gasteiger partial charge in [-0.3, -0.25) is 9.59 Å². The van der Waals surface area contributed by atoms with Crippen LogP contribution in [-0.4, -0.2) is 78.0 Å². The maximum absolute atomic E-state index is 12.7. The van der Waals surface area contributed by atoms with Gasteiger partial charge in [0.15, 0.2) is 0 Å². The van der Waals surface area contributed by atoms with Crippen molar-refractivity contribution in [3.8, 4) is 0 Å². The standard InChI is InChI=1S/C16H21N3O4S/c1-10-4-5-24-12(10)13(20)18-6-11-7-19(15(23)17(2)3)9-16(11,8-18)14(21)22/h4-5,11H,6-9H2,1-3H3,(H,21,22)/t11-,16-/m0/s1. The number of urea groups is 1. The fraction of sp³-hybridized carbons (Fsp3) is 0.562. The molecule has 3 rings (SSSR count). The van der Waals surface area contributed by atoms with Crippen LogP contribution < -0.4 is 0 Å². The van der Waals surface area contributed by atoms with E-state index >= 15 is 0 Å². The average molecular weight is 351 g/mol. The highest BCUT2D eigenvalue weighted by atomic mass is 32.1. The van der Waals surface area contributed by atoms with Gasteiger partial charge in [0.1, 0.15) is 5.41 Å². The van der Waals surface area contributed by atoms with E-state index in [0.717, 1.165) is 5.56 Å². The number of carboxylic acids is 1. The molecule has 2 atom stereocenters. The summed E-state index contributed by atoms with van der Waals surface area (Å²) >= 11 is 1.38. The molecule has 3 heterocycles. The van der Waals surface area contributed by atoms with Crippen LogP contribution in [0.1, 0.15) is 15.2 Å². The fourth-order valence-electron chi connectivity index (χ4n) is 3.69. The molecule has 3 amide bonds. The first-order valence-electron chi connectivity index (χ1n) is 7.79. The smallest absolute Gasteiger partial charge is 0.319 e. The summed E-state index contributed by atoms with van der Waals surface area (Å²) in [5.74, 6) is -1.27. The predicted molar refractivity (Wildman–Crippen MR) is 89.2 cm³/mol. The molecule has 0 bridgehead atoms. The van der Waals surface area contributed by atoms with E-state index in [0.29, 0.717) is 18.0 Å². The van der Waals surface area contributed by atoms with Crippen LogP contribution in [0, 0.1) is 18.3 Å². The Labute approximate surface area is 144 Å². The van der Waals surface area contributed by atoms with Crippen LogP contribution in [0.25, 0.3) is 0 Å². The van der Waals surface area contributed by atoms with Gasteiger partial charge in [0, 0.05) is 46.2 Å². The molecule has 0 aliphatic carbocycles. The number of hydrogen-bond acceptors (Lipinski definition) is 4. The minimum absolute atomic E-state index is 0.108. The maximum Gasteiger partial charge on any atom is 0.319 e. The molecule has 0 aromatic carbocycles. The first kappa shape index (κ1) is 16.8. The van der Waals surface area contributed by atoms with Gasteiger partial charge in [-0.05, 0) is 23.9 Å². The zero-order valence-corrected chi connectivity index (χ0v) is 14.8. The summed E-state index contributed by atoms with van der Waals surface area (Å²) in [4.78, 5) is 42.2. The van der Waals surface area contributed by atoms with E-state index in [2.05, 4.69) is 0 Å². The van der Waals surface area contributed by atoms with Gasteiger partial charge in [0.25, 0.3) is 5.91 Å². The van der Waals surface area contributed by atoms with Crippen molar-refractivity contribution < 1.29 is 19.5 Å². The zero-order chi connectivity index (χ0) is 17.6. The van der Waals surface area contributed by atoms with Crippen LogP contribution in [0.4, 0.5) is 4.79 Å². The molecule has 2 fully saturated rings. The first-order chi connectivity index (χ1) is 11.3. The van der Waals surface area contributed by atoms with Gasteiger partial charge in [-0.25, -0.2) is 4.79 Å². The molecule has 0 saturated carbocycles. The maximum atomic E-state index is 12.7. The molecule has 24 heavy (non-hydrogen) atoms. The lowest BCUT2D eigenvalue weighted by Crippen LogP contribution is -2.45. The largest absolute Gasteiger partial charge is 0.481 e. The molecule has 2 saturated heterocycles. The van der Waals surface area contributed by atoms with Gasteiger partial charge >= 0.3 is 12.0 Å². The summed E-state index contributed by atoms with van der Waals surface area (Å²) in [5.41, 5.74) is -0.150. The Bertz CT molecular complexity index is 701. The number of fused-ring (bicyclic) bond motifs is 1. The molecule has 1 aromatic heterocycles. The van der Waals surface area contributed by atoms with Gasteiger partial charge < -0.3 is 19.8 Å². The van der Waals surface area contributed by atoms with E-state index in [-0.39, 0.29) is 30.9 Å². The van der Waals surface area contributed by atoms with Crippen molar-refractivity contribution in [2.45, 2.75) is 6.92 Å². The summed E-state index contributed by atoms with van der Waals surface area (Å²) < 4.78 is 0. The number of likely N-dealkylation sites (tertiary alicyclic amines) is 2. The number of aryl methyl sites for hydroxylation is 1. The van der Waals surface area contributed by atoms with Crippen molar-refractivity contribution in [2.75, 3.05) is 40.3 Å². The number of nitrogens with zero attached hydrogens (tertiary/aromatic N) is 3. The Morgan fingerprint density at radius 2 is 1.88 bits per heavy atom. The molecule has 1 aromatic rings. The van der Waals surface area contributed by atoms with Gasteiger partial charge in [0.2, 0.25) is 0 Å². The van der Waals surface area contributed by atoms with E-state index in [9.17, 15) is 19.5 Å². The minimum Gasteiger partial charge on any atom is -0.481 e. The van der Waals surface area contributed by atoms with Crippen molar-refractivity contribution in [3.63, 3.8) is 0 Å². The molecule has 2 aliphatic rings. The normalized spacial score (nSPS) is 25.7. The Kier molecular flexibility index (Phi) is 4.03. The lowest BCUT2D eigenvalue weighted by Gasteiger charge is -2.27. The van der Waals surface area contributed by atoms with Crippen molar-refractivity contribution in [1.29, 1.82) is 0 Å². The van der Waals surface area contributed by atoms with Crippen molar-refractivity contribution in [2.24, 2.45) is 11.3 Å². The summed E-state index contributed by atoms with van der Waals surface area (Å²) in [7, 11) is 3.30. The third-order valence-electron chi connectivity index (χ3n) is 5.03. The van der Waals surface area contributed by atoms with Crippen LogP contribution in [-0.2, 0) is 4.79 Å². The average Bonchev–Trinajstić information content (AvgIpc) is 3.17. The molecule has 130 valence electrons. The van der Waals surface area contributed by atoms with Crippen LogP contribution in [0.2, 0.25) is 0 Å². The SMILES string of the molecule is Cc1ccsc1C(=O)N1C[C@H]2CN(C(=O)N(C)C)C[C@@]2(C(=O)O)C1. The van der Waals surface area contributed by atoms with Crippen molar-refractivity contribution in [1.82, 2.24) is 14.7 Å². The number of aliphatic carboxylic acids is 1. The molecule has 8 heteroatoms. The fourth-order valence-corrected chi connectivity index (χ4v) is 4.58. The lowest BCUT2D eigenvalue weighted by atomic mass is 9.81. The predicted octanol–water partition coefficient (Wildman–Crippen LogP) is 1.20.